The Morgan fingerprint density at radius 3 is 2.95 bits per heavy atom. The Morgan fingerprint density at radius 1 is 1.29 bits per heavy atom. The van der Waals surface area contributed by atoms with Crippen molar-refractivity contribution in [1.82, 2.24) is 0 Å². The van der Waals surface area contributed by atoms with E-state index in [0.717, 1.165) is 32.9 Å². The third-order valence-corrected chi connectivity index (χ3v) is 4.93. The smallest absolute Gasteiger partial charge is 0.231 e. The molecule has 0 spiro atoms. The topological polar surface area (TPSA) is 46.3 Å². The molecule has 0 bridgehead atoms. The van der Waals surface area contributed by atoms with Crippen molar-refractivity contribution in [3.63, 3.8) is 0 Å². The summed E-state index contributed by atoms with van der Waals surface area (Å²) in [6, 6.07) is 13.6. The molecule has 2 aromatic rings. The Kier molecular flexibility index (Phi) is 4.22. The van der Waals surface area contributed by atoms with Crippen LogP contribution >= 0.6 is 27.7 Å². The number of nitrogens with two attached hydrogens (primary N) is 1. The van der Waals surface area contributed by atoms with Crippen molar-refractivity contribution < 1.29 is 4.79 Å². The summed E-state index contributed by atoms with van der Waals surface area (Å²) in [5.74, 6) is 1.03. The highest BCUT2D eigenvalue weighted by molar-refractivity contribution is 9.10. The number of fused-ring (bicyclic) bond motifs is 1. The van der Waals surface area contributed by atoms with Gasteiger partial charge in [0.05, 0.1) is 12.1 Å². The molecule has 3 nitrogen and oxygen atoms in total. The normalized spacial score (nSPS) is 13.9. The Balaban J connectivity index is 1.85. The number of carbonyl (C=O) groups is 1. The fraction of sp³-hybridized carbons (Fsp3) is 0.188. The lowest BCUT2D eigenvalue weighted by Gasteiger charge is -2.29. The zero-order valence-electron chi connectivity index (χ0n) is 11.4. The maximum Gasteiger partial charge on any atom is 0.231 e. The van der Waals surface area contributed by atoms with Crippen LogP contribution in [0.25, 0.3) is 0 Å². The lowest BCUT2D eigenvalue weighted by Crippen LogP contribution is -2.36. The van der Waals surface area contributed by atoms with E-state index in [4.69, 9.17) is 5.73 Å². The molecule has 0 aliphatic carbocycles. The molecule has 3 rings (SSSR count). The average Bonchev–Trinajstić information content (AvgIpc) is 2.46. The Hall–Kier alpha value is -1.46. The van der Waals surface area contributed by atoms with Crippen molar-refractivity contribution >= 4 is 45.0 Å². The predicted octanol–water partition coefficient (Wildman–Crippen LogP) is 3.71. The van der Waals surface area contributed by atoms with Crippen molar-refractivity contribution in [3.8, 4) is 0 Å². The molecule has 0 aromatic heterocycles. The van der Waals surface area contributed by atoms with Gasteiger partial charge in [0.1, 0.15) is 0 Å². The van der Waals surface area contributed by atoms with Gasteiger partial charge in [0.15, 0.2) is 0 Å². The van der Waals surface area contributed by atoms with Gasteiger partial charge in [-0.25, -0.2) is 0 Å². The van der Waals surface area contributed by atoms with Gasteiger partial charge in [0.2, 0.25) is 5.91 Å². The summed E-state index contributed by atoms with van der Waals surface area (Å²) in [6.45, 7) is 0.730. The van der Waals surface area contributed by atoms with Crippen LogP contribution in [0.3, 0.4) is 0 Å². The van der Waals surface area contributed by atoms with Crippen LogP contribution in [0.2, 0.25) is 0 Å². The van der Waals surface area contributed by atoms with E-state index >= 15 is 0 Å². The second kappa shape index (κ2) is 6.12. The third kappa shape index (κ3) is 3.24. The second-order valence-electron chi connectivity index (χ2n) is 4.93. The first-order valence-corrected chi connectivity index (χ1v) is 8.48. The number of nitrogens with zero attached hydrogens (tertiary/aromatic N) is 1. The first-order valence-electron chi connectivity index (χ1n) is 6.70. The summed E-state index contributed by atoms with van der Waals surface area (Å²) in [5.41, 5.74) is 8.50. The van der Waals surface area contributed by atoms with E-state index in [2.05, 4.69) is 15.9 Å². The maximum absolute atomic E-state index is 12.6. The van der Waals surface area contributed by atoms with E-state index in [9.17, 15) is 4.79 Å². The summed E-state index contributed by atoms with van der Waals surface area (Å²) < 4.78 is 0.992. The van der Waals surface area contributed by atoms with Crippen LogP contribution in [0.4, 0.5) is 11.4 Å². The van der Waals surface area contributed by atoms with E-state index in [1.54, 1.807) is 11.8 Å². The van der Waals surface area contributed by atoms with E-state index in [0.29, 0.717) is 12.1 Å². The highest BCUT2D eigenvalue weighted by atomic mass is 79.9. The van der Waals surface area contributed by atoms with Gasteiger partial charge in [-0.1, -0.05) is 28.1 Å². The monoisotopic (exact) mass is 362 g/mol. The molecular formula is C16H15BrN2OS. The van der Waals surface area contributed by atoms with Gasteiger partial charge in [-0.05, 0) is 35.9 Å². The minimum atomic E-state index is 0.111. The van der Waals surface area contributed by atoms with E-state index in [1.807, 2.05) is 47.4 Å². The molecule has 21 heavy (non-hydrogen) atoms. The van der Waals surface area contributed by atoms with Crippen LogP contribution in [-0.4, -0.2) is 18.2 Å². The Morgan fingerprint density at radius 2 is 2.14 bits per heavy atom. The van der Waals surface area contributed by atoms with E-state index in [1.165, 1.54) is 0 Å². The number of anilines is 2. The number of hydrogen-bond acceptors (Lipinski definition) is 3. The molecule has 0 radical (unpaired) electrons. The van der Waals surface area contributed by atoms with Crippen LogP contribution < -0.4 is 10.6 Å². The van der Waals surface area contributed by atoms with Crippen molar-refractivity contribution in [2.75, 3.05) is 22.9 Å². The zero-order chi connectivity index (χ0) is 14.8. The van der Waals surface area contributed by atoms with Gasteiger partial charge in [0, 0.05) is 27.4 Å². The summed E-state index contributed by atoms with van der Waals surface area (Å²) in [4.78, 5) is 15.6. The molecule has 1 aliphatic heterocycles. The fourth-order valence-corrected chi connectivity index (χ4v) is 3.83. The highest BCUT2D eigenvalue weighted by Crippen LogP contribution is 2.36. The summed E-state index contributed by atoms with van der Waals surface area (Å²) >= 11 is 5.21. The number of nitrogen functional groups attached to an aromatic ring is 1. The Labute approximate surface area is 136 Å². The Bertz CT molecular complexity index is 690. The highest BCUT2D eigenvalue weighted by Gasteiger charge is 2.23. The SMILES string of the molecule is Nc1ccc2c(c1)N(C(=O)Cc1cccc(Br)c1)CCS2. The summed E-state index contributed by atoms with van der Waals surface area (Å²) in [7, 11) is 0. The molecule has 0 fully saturated rings. The second-order valence-corrected chi connectivity index (χ2v) is 6.98. The minimum absolute atomic E-state index is 0.111. The average molecular weight is 363 g/mol. The molecular weight excluding hydrogens is 348 g/mol. The van der Waals surface area contributed by atoms with Crippen molar-refractivity contribution in [3.05, 3.63) is 52.5 Å². The minimum Gasteiger partial charge on any atom is -0.399 e. The number of halogens is 1. The van der Waals surface area contributed by atoms with Crippen LogP contribution in [0.5, 0.6) is 0 Å². The number of hydrogen-bond donors (Lipinski definition) is 1. The van der Waals surface area contributed by atoms with Crippen molar-refractivity contribution in [2.24, 2.45) is 0 Å². The third-order valence-electron chi connectivity index (χ3n) is 3.39. The summed E-state index contributed by atoms with van der Waals surface area (Å²) in [5, 5.41) is 0. The molecule has 0 saturated carbocycles. The van der Waals surface area contributed by atoms with Gasteiger partial charge in [-0.15, -0.1) is 11.8 Å². The van der Waals surface area contributed by atoms with Gasteiger partial charge in [-0.3, -0.25) is 4.79 Å². The number of thioether (sulfide) groups is 1. The number of amides is 1. The quantitative estimate of drug-likeness (QED) is 0.828. The first kappa shape index (κ1) is 14.5. The van der Waals surface area contributed by atoms with Gasteiger partial charge in [0.25, 0.3) is 0 Å². The lowest BCUT2D eigenvalue weighted by atomic mass is 10.1. The van der Waals surface area contributed by atoms with Crippen molar-refractivity contribution in [2.45, 2.75) is 11.3 Å². The number of carbonyl (C=O) groups excluding carboxylic acids is 1. The van der Waals surface area contributed by atoms with Crippen LogP contribution in [0.1, 0.15) is 5.56 Å². The molecule has 2 N–H and O–H groups in total. The molecule has 1 amide bonds. The van der Waals surface area contributed by atoms with Gasteiger partial charge < -0.3 is 10.6 Å². The van der Waals surface area contributed by atoms with Crippen LogP contribution in [0, 0.1) is 0 Å². The van der Waals surface area contributed by atoms with E-state index in [-0.39, 0.29) is 5.91 Å². The fourth-order valence-electron chi connectivity index (χ4n) is 2.41. The number of rotatable bonds is 2. The molecule has 0 saturated heterocycles. The standard InChI is InChI=1S/C16H15BrN2OS/c17-12-3-1-2-11(8-12)9-16(20)19-6-7-21-15-5-4-13(18)10-14(15)19/h1-5,8,10H,6-7,9,18H2. The van der Waals surface area contributed by atoms with E-state index < -0.39 is 0 Å². The predicted molar refractivity (Wildman–Crippen MR) is 91.8 cm³/mol. The molecule has 5 heteroatoms. The number of benzene rings is 2. The lowest BCUT2D eigenvalue weighted by molar-refractivity contribution is -0.118. The molecule has 1 aliphatic rings. The first-order chi connectivity index (χ1) is 10.1. The van der Waals surface area contributed by atoms with Gasteiger partial charge >= 0.3 is 0 Å². The van der Waals surface area contributed by atoms with Crippen LogP contribution in [-0.2, 0) is 11.2 Å². The molecule has 2 aromatic carbocycles. The largest absolute Gasteiger partial charge is 0.399 e. The van der Waals surface area contributed by atoms with Gasteiger partial charge in [-0.2, -0.15) is 0 Å². The molecule has 0 unspecified atom stereocenters. The molecule has 0 atom stereocenters. The maximum atomic E-state index is 12.6. The van der Waals surface area contributed by atoms with Crippen LogP contribution in [0.15, 0.2) is 51.8 Å². The summed E-state index contributed by atoms with van der Waals surface area (Å²) in [6.07, 6.45) is 0.401. The van der Waals surface area contributed by atoms with Crippen molar-refractivity contribution in [1.29, 1.82) is 0 Å². The molecule has 108 valence electrons. The zero-order valence-corrected chi connectivity index (χ0v) is 13.8. The molecule has 1 heterocycles.